The van der Waals surface area contributed by atoms with Gasteiger partial charge in [0, 0.05) is 12.4 Å². The van der Waals surface area contributed by atoms with E-state index in [9.17, 15) is 0 Å². The van der Waals surface area contributed by atoms with Crippen LogP contribution in [-0.2, 0) is 0 Å². The number of anilines is 1. The number of fused-ring (bicyclic) bond motifs is 1. The second-order valence-electron chi connectivity index (χ2n) is 2.96. The molecule has 1 aromatic carbocycles. The highest BCUT2D eigenvalue weighted by molar-refractivity contribution is 6.35. The second kappa shape index (κ2) is 2.92. The van der Waals surface area contributed by atoms with E-state index < -0.39 is 0 Å². The fourth-order valence-corrected chi connectivity index (χ4v) is 1.70. The number of rotatable bonds is 1. The highest BCUT2D eigenvalue weighted by atomic mass is 35.5. The van der Waals surface area contributed by atoms with E-state index in [1.807, 2.05) is 20.0 Å². The maximum atomic E-state index is 6.13. The van der Waals surface area contributed by atoms with Crippen molar-refractivity contribution < 1.29 is 0 Å². The van der Waals surface area contributed by atoms with Crippen LogP contribution in [0.2, 0.25) is 5.02 Å². The lowest BCUT2D eigenvalue weighted by atomic mass is 10.1. The molecule has 0 aliphatic carbocycles. The summed E-state index contributed by atoms with van der Waals surface area (Å²) in [6.07, 6.45) is 1.77. The molecule has 0 atom stereocenters. The number of aromatic nitrogens is 2. The summed E-state index contributed by atoms with van der Waals surface area (Å²) in [5.41, 5.74) is 2.99. The Balaban J connectivity index is 2.87. The SMILES string of the molecule is CNc1c(Cl)c(C)cc2[nH]ncc12. The zero-order valence-corrected chi connectivity index (χ0v) is 8.24. The van der Waals surface area contributed by atoms with Crippen molar-refractivity contribution in [1.29, 1.82) is 0 Å². The van der Waals surface area contributed by atoms with Gasteiger partial charge in [0.15, 0.2) is 0 Å². The second-order valence-corrected chi connectivity index (χ2v) is 3.34. The molecule has 0 bridgehead atoms. The lowest BCUT2D eigenvalue weighted by Crippen LogP contribution is -1.91. The van der Waals surface area contributed by atoms with Crippen LogP contribution in [0.5, 0.6) is 0 Å². The van der Waals surface area contributed by atoms with Gasteiger partial charge < -0.3 is 5.32 Å². The maximum absolute atomic E-state index is 6.13. The molecule has 3 nitrogen and oxygen atoms in total. The van der Waals surface area contributed by atoms with Crippen LogP contribution in [0.3, 0.4) is 0 Å². The van der Waals surface area contributed by atoms with Gasteiger partial charge in [-0.15, -0.1) is 0 Å². The van der Waals surface area contributed by atoms with Crippen LogP contribution in [0.15, 0.2) is 12.3 Å². The molecule has 0 radical (unpaired) electrons. The average molecular weight is 196 g/mol. The number of aryl methyl sites for hydroxylation is 1. The van der Waals surface area contributed by atoms with E-state index in [0.717, 1.165) is 27.2 Å². The number of aromatic amines is 1. The van der Waals surface area contributed by atoms with Crippen molar-refractivity contribution in [1.82, 2.24) is 10.2 Å². The van der Waals surface area contributed by atoms with Crippen LogP contribution in [0.1, 0.15) is 5.56 Å². The highest BCUT2D eigenvalue weighted by Gasteiger charge is 2.08. The van der Waals surface area contributed by atoms with Gasteiger partial charge in [0.1, 0.15) is 0 Å². The predicted octanol–water partition coefficient (Wildman–Crippen LogP) is 2.57. The van der Waals surface area contributed by atoms with Crippen molar-refractivity contribution in [3.8, 4) is 0 Å². The molecule has 2 rings (SSSR count). The van der Waals surface area contributed by atoms with E-state index in [4.69, 9.17) is 11.6 Å². The smallest absolute Gasteiger partial charge is 0.0674 e. The minimum atomic E-state index is 0.761. The third-order valence-electron chi connectivity index (χ3n) is 2.11. The molecule has 0 amide bonds. The van der Waals surface area contributed by atoms with Crippen molar-refractivity contribution in [2.24, 2.45) is 0 Å². The highest BCUT2D eigenvalue weighted by Crippen LogP contribution is 2.32. The van der Waals surface area contributed by atoms with Gasteiger partial charge in [-0.2, -0.15) is 5.10 Å². The van der Waals surface area contributed by atoms with Crippen LogP contribution in [0.25, 0.3) is 10.9 Å². The molecule has 2 aromatic rings. The van der Waals surface area contributed by atoms with Crippen LogP contribution in [0.4, 0.5) is 5.69 Å². The molecule has 1 aromatic heterocycles. The first kappa shape index (κ1) is 8.38. The van der Waals surface area contributed by atoms with Crippen LogP contribution < -0.4 is 5.32 Å². The Kier molecular flexibility index (Phi) is 1.88. The summed E-state index contributed by atoms with van der Waals surface area (Å²) < 4.78 is 0. The lowest BCUT2D eigenvalue weighted by molar-refractivity contribution is 1.12. The van der Waals surface area contributed by atoms with Crippen LogP contribution >= 0.6 is 11.6 Å². The summed E-state index contributed by atoms with van der Waals surface area (Å²) in [5, 5.41) is 11.7. The van der Waals surface area contributed by atoms with Crippen molar-refractivity contribution in [3.05, 3.63) is 22.8 Å². The zero-order chi connectivity index (χ0) is 9.42. The van der Waals surface area contributed by atoms with Gasteiger partial charge in [0.25, 0.3) is 0 Å². The molecule has 13 heavy (non-hydrogen) atoms. The van der Waals surface area contributed by atoms with Crippen molar-refractivity contribution in [2.75, 3.05) is 12.4 Å². The van der Waals surface area contributed by atoms with Crippen molar-refractivity contribution in [2.45, 2.75) is 6.92 Å². The van der Waals surface area contributed by atoms with Crippen molar-refractivity contribution in [3.63, 3.8) is 0 Å². The molecule has 0 fully saturated rings. The molecule has 68 valence electrons. The first-order valence-electron chi connectivity index (χ1n) is 4.04. The third kappa shape index (κ3) is 1.16. The minimum Gasteiger partial charge on any atom is -0.386 e. The molecular formula is C9H10ClN3. The molecule has 1 heterocycles. The average Bonchev–Trinajstić information content (AvgIpc) is 2.54. The normalized spacial score (nSPS) is 10.7. The van der Waals surface area contributed by atoms with E-state index in [1.54, 1.807) is 6.20 Å². The first-order valence-corrected chi connectivity index (χ1v) is 4.41. The van der Waals surface area contributed by atoms with Gasteiger partial charge in [-0.3, -0.25) is 5.10 Å². The largest absolute Gasteiger partial charge is 0.386 e. The first-order chi connectivity index (χ1) is 6.24. The number of halogens is 1. The summed E-state index contributed by atoms with van der Waals surface area (Å²) in [6, 6.07) is 1.99. The van der Waals surface area contributed by atoms with Gasteiger partial charge in [-0.05, 0) is 18.6 Å². The Morgan fingerprint density at radius 3 is 3.00 bits per heavy atom. The standard InChI is InChI=1S/C9H10ClN3/c1-5-3-7-6(4-12-13-7)9(11-2)8(5)10/h3-4,11H,1-2H3,(H,12,13). The third-order valence-corrected chi connectivity index (χ3v) is 2.60. The molecule has 0 aliphatic rings. The summed E-state index contributed by atoms with van der Waals surface area (Å²) >= 11 is 6.13. The molecule has 0 saturated carbocycles. The van der Waals surface area contributed by atoms with Crippen molar-refractivity contribution >= 4 is 28.2 Å². The van der Waals surface area contributed by atoms with Crippen LogP contribution in [0, 0.1) is 6.92 Å². The quantitative estimate of drug-likeness (QED) is 0.735. The lowest BCUT2D eigenvalue weighted by Gasteiger charge is -2.07. The molecule has 4 heteroatoms. The molecule has 2 N–H and O–H groups in total. The summed E-state index contributed by atoms with van der Waals surface area (Å²) in [5.74, 6) is 0. The monoisotopic (exact) mass is 195 g/mol. The Labute approximate surface area is 81.1 Å². The van der Waals surface area contributed by atoms with Gasteiger partial charge >= 0.3 is 0 Å². The molecule has 0 saturated heterocycles. The number of H-pyrrole nitrogens is 1. The Bertz CT molecular complexity index is 447. The summed E-state index contributed by atoms with van der Waals surface area (Å²) in [7, 11) is 1.85. The zero-order valence-electron chi connectivity index (χ0n) is 7.48. The number of nitrogens with zero attached hydrogens (tertiary/aromatic N) is 1. The van der Waals surface area contributed by atoms with E-state index in [2.05, 4.69) is 15.5 Å². The molecule has 0 unspecified atom stereocenters. The molecular weight excluding hydrogens is 186 g/mol. The topological polar surface area (TPSA) is 40.7 Å². The number of nitrogens with one attached hydrogen (secondary N) is 2. The van der Waals surface area contributed by atoms with E-state index >= 15 is 0 Å². The van der Waals surface area contributed by atoms with Gasteiger partial charge in [0.2, 0.25) is 0 Å². The van der Waals surface area contributed by atoms with Crippen LogP contribution in [-0.4, -0.2) is 17.2 Å². The van der Waals surface area contributed by atoms with E-state index in [0.29, 0.717) is 0 Å². The van der Waals surface area contributed by atoms with Gasteiger partial charge in [-0.1, -0.05) is 11.6 Å². The minimum absolute atomic E-state index is 0.761. The summed E-state index contributed by atoms with van der Waals surface area (Å²) in [4.78, 5) is 0. The van der Waals surface area contributed by atoms with Gasteiger partial charge in [0.05, 0.1) is 22.4 Å². The Morgan fingerprint density at radius 1 is 1.54 bits per heavy atom. The predicted molar refractivity (Wildman–Crippen MR) is 55.4 cm³/mol. The number of hydrogen-bond acceptors (Lipinski definition) is 2. The number of hydrogen-bond donors (Lipinski definition) is 2. The maximum Gasteiger partial charge on any atom is 0.0674 e. The van der Waals surface area contributed by atoms with E-state index in [-0.39, 0.29) is 0 Å². The van der Waals surface area contributed by atoms with E-state index in [1.165, 1.54) is 0 Å². The molecule has 0 spiro atoms. The Hall–Kier alpha value is -1.22. The van der Waals surface area contributed by atoms with Gasteiger partial charge in [-0.25, -0.2) is 0 Å². The fraction of sp³-hybridized carbons (Fsp3) is 0.222. The fourth-order valence-electron chi connectivity index (χ4n) is 1.45. The Morgan fingerprint density at radius 2 is 2.31 bits per heavy atom. The summed E-state index contributed by atoms with van der Waals surface area (Å²) in [6.45, 7) is 1.98. The molecule has 0 aliphatic heterocycles. The number of benzene rings is 1.